The number of carbonyl (C=O) groups is 2. The molecule has 1 aliphatic heterocycles. The van der Waals surface area contributed by atoms with Crippen LogP contribution in [0.15, 0.2) is 85.2 Å². The van der Waals surface area contributed by atoms with Crippen molar-refractivity contribution in [1.29, 1.82) is 0 Å². The molecule has 7 nitrogen and oxygen atoms in total. The Balaban J connectivity index is 1.69. The first-order valence-corrected chi connectivity index (χ1v) is 10.7. The molecular formula is C25H23ClN4O3. The number of hydrogen-bond donors (Lipinski definition) is 1. The Morgan fingerprint density at radius 2 is 1.94 bits per heavy atom. The minimum absolute atomic E-state index is 0.327. The molecule has 1 amide bonds. The van der Waals surface area contributed by atoms with Gasteiger partial charge in [-0.3, -0.25) is 9.59 Å². The van der Waals surface area contributed by atoms with Crippen molar-refractivity contribution < 1.29 is 14.3 Å². The van der Waals surface area contributed by atoms with E-state index in [0.717, 1.165) is 11.1 Å². The predicted octanol–water partition coefficient (Wildman–Crippen LogP) is 3.76. The number of amides is 1. The average Bonchev–Trinajstić information content (AvgIpc) is 3.33. The number of ketones is 1. The average molecular weight is 463 g/mol. The Bertz CT molecular complexity index is 1220. The van der Waals surface area contributed by atoms with Crippen LogP contribution in [0.25, 0.3) is 11.3 Å². The monoisotopic (exact) mass is 462 g/mol. The van der Waals surface area contributed by atoms with Crippen LogP contribution in [0.4, 0.5) is 0 Å². The maximum absolute atomic E-state index is 12.8. The second-order valence-corrected chi connectivity index (χ2v) is 7.98. The van der Waals surface area contributed by atoms with Crippen LogP contribution >= 0.6 is 11.6 Å². The molecule has 2 unspecified atom stereocenters. The summed E-state index contributed by atoms with van der Waals surface area (Å²) in [4.78, 5) is 26.5. The van der Waals surface area contributed by atoms with Crippen molar-refractivity contribution in [2.45, 2.75) is 18.6 Å². The molecule has 4 rings (SSSR count). The fourth-order valence-corrected chi connectivity index (χ4v) is 4.03. The van der Waals surface area contributed by atoms with Crippen LogP contribution in [0.5, 0.6) is 5.75 Å². The largest absolute Gasteiger partial charge is 0.496 e. The highest BCUT2D eigenvalue weighted by molar-refractivity contribution is 6.37. The molecule has 33 heavy (non-hydrogen) atoms. The molecular weight excluding hydrogens is 440 g/mol. The third-order valence-corrected chi connectivity index (χ3v) is 5.69. The number of Topliss-reactive ketones (excluding diaryl/α,β-unsaturated/α-hetero) is 1. The van der Waals surface area contributed by atoms with E-state index in [0.29, 0.717) is 22.9 Å². The lowest BCUT2D eigenvalue weighted by Crippen LogP contribution is -2.48. The lowest BCUT2D eigenvalue weighted by atomic mass is 9.99. The highest BCUT2D eigenvalue weighted by Crippen LogP contribution is 2.33. The van der Waals surface area contributed by atoms with Crippen molar-refractivity contribution >= 4 is 23.3 Å². The van der Waals surface area contributed by atoms with Gasteiger partial charge in [-0.2, -0.15) is 5.10 Å². The van der Waals surface area contributed by atoms with Gasteiger partial charge < -0.3 is 15.4 Å². The van der Waals surface area contributed by atoms with Crippen LogP contribution in [0.1, 0.15) is 11.7 Å². The van der Waals surface area contributed by atoms with Crippen molar-refractivity contribution in [2.75, 3.05) is 7.11 Å². The zero-order valence-corrected chi connectivity index (χ0v) is 18.7. The molecule has 1 aromatic heterocycles. The van der Waals surface area contributed by atoms with Gasteiger partial charge in [-0.15, -0.1) is 0 Å². The number of benzene rings is 2. The molecule has 2 aromatic carbocycles. The molecule has 8 heteroatoms. The summed E-state index contributed by atoms with van der Waals surface area (Å²) in [7, 11) is 1.59. The van der Waals surface area contributed by atoms with E-state index in [9.17, 15) is 9.59 Å². The quantitative estimate of drug-likeness (QED) is 0.515. The van der Waals surface area contributed by atoms with Gasteiger partial charge in [0.1, 0.15) is 18.0 Å². The van der Waals surface area contributed by atoms with Crippen molar-refractivity contribution in [2.24, 2.45) is 5.73 Å². The number of halogens is 1. The van der Waals surface area contributed by atoms with Crippen LogP contribution in [0.2, 0.25) is 5.02 Å². The first-order chi connectivity index (χ1) is 16.0. The van der Waals surface area contributed by atoms with Crippen molar-refractivity contribution in [3.8, 4) is 17.0 Å². The van der Waals surface area contributed by atoms with Crippen LogP contribution < -0.4 is 10.5 Å². The molecule has 0 radical (unpaired) electrons. The Labute approximate surface area is 196 Å². The number of allylic oxidation sites excluding steroid dienone is 2. The third-order valence-electron chi connectivity index (χ3n) is 5.45. The van der Waals surface area contributed by atoms with E-state index in [1.54, 1.807) is 41.1 Å². The molecule has 0 bridgehead atoms. The number of carbonyl (C=O) groups excluding carboxylic acids is 2. The van der Waals surface area contributed by atoms with E-state index >= 15 is 0 Å². The first kappa shape index (κ1) is 22.4. The summed E-state index contributed by atoms with van der Waals surface area (Å²) in [6.45, 7) is 0. The maximum atomic E-state index is 12.8. The first-order valence-electron chi connectivity index (χ1n) is 10.4. The Morgan fingerprint density at radius 1 is 1.15 bits per heavy atom. The Kier molecular flexibility index (Phi) is 6.60. The summed E-state index contributed by atoms with van der Waals surface area (Å²) in [5.41, 5.74) is 7.74. The molecule has 0 saturated heterocycles. The molecule has 3 aromatic rings. The standard InChI is InChI=1S/C25H23ClN4O3/c1-33-22-11-10-18(26)16-19(22)20-12-14-30(28-20)23-9-5-6-13-29(23)21(24(31)25(27)32)15-17-7-3-2-4-8-17/h2-14,16,21,23H,15H2,1H3,(H2,27,32). The van der Waals surface area contributed by atoms with Gasteiger partial charge in [0, 0.05) is 29.4 Å². The number of aromatic nitrogens is 2. The van der Waals surface area contributed by atoms with Crippen LogP contribution in [-0.4, -0.2) is 39.5 Å². The van der Waals surface area contributed by atoms with Crippen molar-refractivity contribution in [3.05, 3.63) is 95.8 Å². The Morgan fingerprint density at radius 3 is 2.67 bits per heavy atom. The van der Waals surface area contributed by atoms with Crippen LogP contribution in [0, 0.1) is 0 Å². The molecule has 0 fully saturated rings. The number of rotatable bonds is 8. The zero-order valence-electron chi connectivity index (χ0n) is 18.0. The zero-order chi connectivity index (χ0) is 23.4. The molecule has 2 N–H and O–H groups in total. The van der Waals surface area contributed by atoms with E-state index in [-0.39, 0.29) is 0 Å². The smallest absolute Gasteiger partial charge is 0.287 e. The van der Waals surface area contributed by atoms with E-state index in [1.807, 2.05) is 60.8 Å². The second kappa shape index (κ2) is 9.75. The number of hydrogen-bond acceptors (Lipinski definition) is 5. The van der Waals surface area contributed by atoms with E-state index in [1.165, 1.54) is 0 Å². The Hall–Kier alpha value is -3.84. The highest BCUT2D eigenvalue weighted by atomic mass is 35.5. The molecule has 2 atom stereocenters. The minimum atomic E-state index is -0.970. The summed E-state index contributed by atoms with van der Waals surface area (Å²) in [6, 6.07) is 15.9. The van der Waals surface area contributed by atoms with E-state index < -0.39 is 23.9 Å². The third kappa shape index (κ3) is 4.83. The SMILES string of the molecule is COc1ccc(Cl)cc1-c1ccn(C2C=CC=CN2C(Cc2ccccc2)C(=O)C(N)=O)n1. The fraction of sp³-hybridized carbons (Fsp3) is 0.160. The predicted molar refractivity (Wildman–Crippen MR) is 127 cm³/mol. The molecule has 168 valence electrons. The van der Waals surface area contributed by atoms with Gasteiger partial charge >= 0.3 is 0 Å². The van der Waals surface area contributed by atoms with E-state index in [2.05, 4.69) is 0 Å². The number of methoxy groups -OCH3 is 1. The van der Waals surface area contributed by atoms with Crippen molar-refractivity contribution in [3.63, 3.8) is 0 Å². The van der Waals surface area contributed by atoms with Gasteiger partial charge in [0.05, 0.1) is 12.8 Å². The van der Waals surface area contributed by atoms with Gasteiger partial charge in [-0.25, -0.2) is 4.68 Å². The summed E-state index contributed by atoms with van der Waals surface area (Å²) in [5, 5.41) is 5.29. The summed E-state index contributed by atoms with van der Waals surface area (Å²) < 4.78 is 7.18. The fourth-order valence-electron chi connectivity index (χ4n) is 3.86. The van der Waals surface area contributed by atoms with E-state index in [4.69, 9.17) is 27.2 Å². The van der Waals surface area contributed by atoms with Gasteiger partial charge in [0.25, 0.3) is 5.91 Å². The number of ether oxygens (including phenoxy) is 1. The topological polar surface area (TPSA) is 90.5 Å². The van der Waals surface area contributed by atoms with Gasteiger partial charge in [0.2, 0.25) is 5.78 Å². The highest BCUT2D eigenvalue weighted by Gasteiger charge is 2.33. The van der Waals surface area contributed by atoms with Crippen LogP contribution in [-0.2, 0) is 16.0 Å². The number of nitrogens with zero attached hydrogens (tertiary/aromatic N) is 3. The van der Waals surface area contributed by atoms with Crippen LogP contribution in [0.3, 0.4) is 0 Å². The summed E-state index contributed by atoms with van der Waals surface area (Å²) >= 11 is 6.19. The second-order valence-electron chi connectivity index (χ2n) is 7.55. The summed E-state index contributed by atoms with van der Waals surface area (Å²) in [6.07, 6.45) is 9.06. The van der Waals surface area contributed by atoms with Gasteiger partial charge in [-0.05, 0) is 42.0 Å². The molecule has 0 spiro atoms. The lowest BCUT2D eigenvalue weighted by molar-refractivity contribution is -0.139. The molecule has 1 aliphatic rings. The maximum Gasteiger partial charge on any atom is 0.287 e. The normalized spacial score (nSPS) is 15.9. The van der Waals surface area contributed by atoms with Gasteiger partial charge in [-0.1, -0.05) is 48.0 Å². The number of primary amides is 1. The number of nitrogens with two attached hydrogens (primary N) is 1. The van der Waals surface area contributed by atoms with Gasteiger partial charge in [0.15, 0.2) is 0 Å². The molecule has 2 heterocycles. The summed E-state index contributed by atoms with van der Waals surface area (Å²) in [5.74, 6) is -0.985. The lowest BCUT2D eigenvalue weighted by Gasteiger charge is -2.36. The molecule has 0 saturated carbocycles. The molecule has 0 aliphatic carbocycles. The minimum Gasteiger partial charge on any atom is -0.496 e. The van der Waals surface area contributed by atoms with Crippen molar-refractivity contribution in [1.82, 2.24) is 14.7 Å².